The van der Waals surface area contributed by atoms with E-state index in [4.69, 9.17) is 9.47 Å². The van der Waals surface area contributed by atoms with E-state index in [2.05, 4.69) is 33.8 Å². The molecule has 0 aromatic rings. The van der Waals surface area contributed by atoms with Gasteiger partial charge in [0.1, 0.15) is 12.7 Å². The number of ketones is 2. The molecule has 0 N–H and O–H groups in total. The van der Waals surface area contributed by atoms with E-state index < -0.39 is 38.6 Å². The number of hydrogen-bond acceptors (Lipinski definition) is 7. The van der Waals surface area contributed by atoms with Gasteiger partial charge >= 0.3 is 11.9 Å². The summed E-state index contributed by atoms with van der Waals surface area (Å²) in [5.41, 5.74) is -3.89. The van der Waals surface area contributed by atoms with Gasteiger partial charge < -0.3 is 9.47 Å². The van der Waals surface area contributed by atoms with Crippen LogP contribution in [-0.2, 0) is 28.7 Å². The molecule has 1 heterocycles. The predicted octanol–water partition coefficient (Wildman–Crippen LogP) is 5.43. The standard InChI is InChI=1S/C33H41NO6/c1-19(35)39-18-29(5)21-8-9-30(6)22(28(21,4)15-20(17-34)25(29)37)14-24(36)33-23-16-27(2,3)10-12-32(23,26(38)40-33)13-11-31(30,33)7/h14-15,21,23H,8-13,16,18H2,1-7H3/t21-,23-,28+,29-,30-,31+,32+,33-/m1/s1. The number of Topliss-reactive ketones (excluding diaryl/α,β-unsaturated/α-hetero) is 1. The van der Waals surface area contributed by atoms with Gasteiger partial charge in [0.05, 0.1) is 16.4 Å². The van der Waals surface area contributed by atoms with E-state index in [1.165, 1.54) is 6.92 Å². The molecule has 2 bridgehead atoms. The van der Waals surface area contributed by atoms with Crippen molar-refractivity contribution < 1.29 is 28.7 Å². The molecule has 0 aromatic carbocycles. The van der Waals surface area contributed by atoms with Crippen LogP contribution in [0.3, 0.4) is 0 Å². The summed E-state index contributed by atoms with van der Waals surface area (Å²) in [5.74, 6) is -1.58. The van der Waals surface area contributed by atoms with Crippen LogP contribution in [-0.4, -0.2) is 35.7 Å². The number of rotatable bonds is 2. The van der Waals surface area contributed by atoms with Crippen molar-refractivity contribution in [2.75, 3.05) is 6.61 Å². The third-order valence-corrected chi connectivity index (χ3v) is 13.1. The summed E-state index contributed by atoms with van der Waals surface area (Å²) in [6, 6.07) is 2.11. The zero-order chi connectivity index (χ0) is 29.3. The quantitative estimate of drug-likeness (QED) is 0.424. The second-order valence-electron chi connectivity index (χ2n) is 15.4. The molecule has 0 unspecified atom stereocenters. The van der Waals surface area contributed by atoms with E-state index in [1.54, 1.807) is 19.1 Å². The lowest BCUT2D eigenvalue weighted by atomic mass is 9.33. The van der Waals surface area contributed by atoms with Crippen molar-refractivity contribution in [1.29, 1.82) is 5.26 Å². The van der Waals surface area contributed by atoms with E-state index in [0.29, 0.717) is 25.7 Å². The third kappa shape index (κ3) is 2.86. The molecule has 1 aliphatic heterocycles. The van der Waals surface area contributed by atoms with Crippen LogP contribution in [0, 0.1) is 55.7 Å². The highest BCUT2D eigenvalue weighted by atomic mass is 16.6. The van der Waals surface area contributed by atoms with Crippen molar-refractivity contribution in [2.24, 2.45) is 44.3 Å². The Morgan fingerprint density at radius 3 is 2.35 bits per heavy atom. The zero-order valence-corrected chi connectivity index (χ0v) is 24.9. The van der Waals surface area contributed by atoms with Crippen molar-refractivity contribution >= 4 is 23.5 Å². The number of esters is 2. The molecule has 214 valence electrons. The SMILES string of the molecule is CC(=O)OC[C@@]1(C)C(=O)C(C#N)=C[C@]2(C)C3=CC(=O)[C@]45OC(=O)[C@@]6(CCC(C)(C)C[C@H]64)CC[C@@]5(C)[C@]3(C)CC[C@@H]12. The molecule has 1 saturated heterocycles. The van der Waals surface area contributed by atoms with Crippen molar-refractivity contribution in [1.82, 2.24) is 0 Å². The molecule has 7 heteroatoms. The molecule has 40 heavy (non-hydrogen) atoms. The second kappa shape index (κ2) is 7.75. The lowest BCUT2D eigenvalue weighted by molar-refractivity contribution is -0.207. The molecule has 0 aromatic heterocycles. The molecule has 0 radical (unpaired) electrons. The first-order valence-corrected chi connectivity index (χ1v) is 14.8. The minimum absolute atomic E-state index is 0.00883. The first-order chi connectivity index (χ1) is 18.5. The van der Waals surface area contributed by atoms with Gasteiger partial charge in [0, 0.05) is 23.7 Å². The summed E-state index contributed by atoms with van der Waals surface area (Å²) in [5, 5.41) is 10.0. The topological polar surface area (TPSA) is 111 Å². The molecule has 3 saturated carbocycles. The number of nitriles is 1. The van der Waals surface area contributed by atoms with Crippen molar-refractivity contribution in [3.05, 3.63) is 23.3 Å². The van der Waals surface area contributed by atoms with Gasteiger partial charge in [-0.2, -0.15) is 5.26 Å². The minimum Gasteiger partial charge on any atom is -0.465 e. The van der Waals surface area contributed by atoms with Gasteiger partial charge in [-0.15, -0.1) is 0 Å². The Balaban J connectivity index is 1.56. The summed E-state index contributed by atoms with van der Waals surface area (Å²) < 4.78 is 11.9. The maximum atomic E-state index is 14.7. The van der Waals surface area contributed by atoms with Crippen molar-refractivity contribution in [3.8, 4) is 6.07 Å². The fourth-order valence-electron chi connectivity index (χ4n) is 10.7. The van der Waals surface area contributed by atoms with Gasteiger partial charge in [0.2, 0.25) is 0 Å². The van der Waals surface area contributed by atoms with E-state index in [1.807, 2.05) is 6.92 Å². The number of hydrogen-bond donors (Lipinski definition) is 0. The normalized spacial score (nSPS) is 48.3. The Bertz CT molecular complexity index is 1380. The fraction of sp³-hybridized carbons (Fsp3) is 0.727. The first-order valence-electron chi connectivity index (χ1n) is 14.8. The number of allylic oxidation sites excluding steroid dienone is 3. The van der Waals surface area contributed by atoms with Gasteiger partial charge in [-0.3, -0.25) is 19.2 Å². The van der Waals surface area contributed by atoms with Crippen LogP contribution < -0.4 is 0 Å². The average Bonchev–Trinajstić information content (AvgIpc) is 3.06. The van der Waals surface area contributed by atoms with Gasteiger partial charge in [0.15, 0.2) is 17.2 Å². The molecule has 7 nitrogen and oxygen atoms in total. The van der Waals surface area contributed by atoms with Crippen LogP contribution in [0.15, 0.2) is 23.3 Å². The van der Waals surface area contributed by atoms with Gasteiger partial charge in [-0.1, -0.05) is 40.7 Å². The number of fused-ring (bicyclic) bond motifs is 4. The largest absolute Gasteiger partial charge is 0.465 e. The molecule has 6 rings (SSSR count). The van der Waals surface area contributed by atoms with E-state index in [-0.39, 0.29) is 47.0 Å². The van der Waals surface area contributed by atoms with Crippen molar-refractivity contribution in [2.45, 2.75) is 99.0 Å². The Morgan fingerprint density at radius 2 is 1.70 bits per heavy atom. The van der Waals surface area contributed by atoms with Crippen LogP contribution in [0.25, 0.3) is 0 Å². The molecule has 8 atom stereocenters. The average molecular weight is 548 g/mol. The molecule has 6 aliphatic rings. The van der Waals surface area contributed by atoms with Crippen LogP contribution in [0.5, 0.6) is 0 Å². The highest BCUT2D eigenvalue weighted by Gasteiger charge is 2.82. The maximum Gasteiger partial charge on any atom is 0.313 e. The zero-order valence-electron chi connectivity index (χ0n) is 24.9. The van der Waals surface area contributed by atoms with Gasteiger partial charge in [0.25, 0.3) is 0 Å². The third-order valence-electron chi connectivity index (χ3n) is 13.1. The summed E-state index contributed by atoms with van der Waals surface area (Å²) >= 11 is 0. The monoisotopic (exact) mass is 547 g/mol. The molecule has 4 fully saturated rings. The molecular weight excluding hydrogens is 506 g/mol. The number of carbonyl (C=O) groups is 4. The second-order valence-corrected chi connectivity index (χ2v) is 15.4. The smallest absolute Gasteiger partial charge is 0.313 e. The number of ether oxygens (including phenoxy) is 2. The lowest BCUT2D eigenvalue weighted by Crippen LogP contribution is -2.71. The van der Waals surface area contributed by atoms with Crippen LogP contribution in [0.2, 0.25) is 0 Å². The molecule has 5 aliphatic carbocycles. The van der Waals surface area contributed by atoms with Crippen LogP contribution in [0.1, 0.15) is 93.4 Å². The summed E-state index contributed by atoms with van der Waals surface area (Å²) in [4.78, 5) is 53.8. The number of carbonyl (C=O) groups excluding carboxylic acids is 4. The van der Waals surface area contributed by atoms with E-state index in [0.717, 1.165) is 24.8 Å². The summed E-state index contributed by atoms with van der Waals surface area (Å²) in [7, 11) is 0. The fourth-order valence-corrected chi connectivity index (χ4v) is 10.7. The highest BCUT2D eigenvalue weighted by Crippen LogP contribution is 2.78. The number of nitrogens with zero attached hydrogens (tertiary/aromatic N) is 1. The first kappa shape index (κ1) is 27.4. The Hall–Kier alpha value is -2.75. The molecule has 0 amide bonds. The molecule has 1 spiro atoms. The van der Waals surface area contributed by atoms with Gasteiger partial charge in [-0.25, -0.2) is 0 Å². The Kier molecular flexibility index (Phi) is 5.31. The Morgan fingerprint density at radius 1 is 1.02 bits per heavy atom. The van der Waals surface area contributed by atoms with Gasteiger partial charge in [-0.05, 0) is 80.3 Å². The summed E-state index contributed by atoms with van der Waals surface area (Å²) in [6.45, 7) is 13.8. The summed E-state index contributed by atoms with van der Waals surface area (Å²) in [6.07, 6.45) is 8.73. The Labute approximate surface area is 236 Å². The van der Waals surface area contributed by atoms with Crippen LogP contribution in [0.4, 0.5) is 0 Å². The maximum absolute atomic E-state index is 14.7. The van der Waals surface area contributed by atoms with E-state index >= 15 is 0 Å². The predicted molar refractivity (Wildman–Crippen MR) is 145 cm³/mol. The van der Waals surface area contributed by atoms with Crippen LogP contribution >= 0.6 is 0 Å². The lowest BCUT2D eigenvalue weighted by Gasteiger charge is -2.69. The minimum atomic E-state index is -1.21. The molecular formula is C33H41NO6. The van der Waals surface area contributed by atoms with Crippen molar-refractivity contribution in [3.63, 3.8) is 0 Å². The highest BCUT2D eigenvalue weighted by molar-refractivity contribution is 6.07. The van der Waals surface area contributed by atoms with E-state index in [9.17, 15) is 24.4 Å².